The molecule has 10 nitrogen and oxygen atoms in total. The highest BCUT2D eigenvalue weighted by Crippen LogP contribution is 2.27. The first-order valence-corrected chi connectivity index (χ1v) is 9.67. The van der Waals surface area contributed by atoms with Crippen LogP contribution < -0.4 is 25.6 Å². The molecule has 0 saturated heterocycles. The number of carbonyl (C=O) groups is 4. The van der Waals surface area contributed by atoms with Crippen LogP contribution >= 0.6 is 11.6 Å². The van der Waals surface area contributed by atoms with Gasteiger partial charge in [-0.05, 0) is 37.3 Å². The number of rotatable bonds is 8. The first-order chi connectivity index (χ1) is 15.3. The van der Waals surface area contributed by atoms with E-state index in [2.05, 4.69) is 16.2 Å². The minimum absolute atomic E-state index is 0.199. The zero-order chi connectivity index (χ0) is 23.7. The maximum atomic E-state index is 12.2. The molecule has 0 heterocycles. The standard InChI is InChI=1S/C21H22ClN3O7/c1-12(23-20(28)14-6-4-5-7-15(14)22)21(29)32-11-18(26)24-25-19(27)13-8-9-16(30-2)17(10-13)31-3/h4-10,12H,11H2,1-3H3,(H,23,28)(H,24,26)(H,25,27)/t12-/m0/s1. The topological polar surface area (TPSA) is 132 Å². The third kappa shape index (κ3) is 6.61. The van der Waals surface area contributed by atoms with Gasteiger partial charge < -0.3 is 19.5 Å². The lowest BCUT2D eigenvalue weighted by atomic mass is 10.2. The van der Waals surface area contributed by atoms with E-state index in [0.717, 1.165) is 0 Å². The summed E-state index contributed by atoms with van der Waals surface area (Å²) >= 11 is 5.94. The van der Waals surface area contributed by atoms with Crippen LogP contribution in [0.25, 0.3) is 0 Å². The Bertz CT molecular complexity index is 1010. The van der Waals surface area contributed by atoms with Gasteiger partial charge in [0.25, 0.3) is 17.7 Å². The normalized spacial score (nSPS) is 11.0. The summed E-state index contributed by atoms with van der Waals surface area (Å²) in [6, 6.07) is 9.76. The molecule has 3 N–H and O–H groups in total. The largest absolute Gasteiger partial charge is 0.493 e. The van der Waals surface area contributed by atoms with Crippen LogP contribution in [0.15, 0.2) is 42.5 Å². The van der Waals surface area contributed by atoms with Crippen LogP contribution in [0.2, 0.25) is 5.02 Å². The molecule has 1 atom stereocenters. The Morgan fingerprint density at radius 3 is 2.28 bits per heavy atom. The molecule has 2 aromatic rings. The van der Waals surface area contributed by atoms with Crippen LogP contribution in [0.5, 0.6) is 11.5 Å². The van der Waals surface area contributed by atoms with Crippen molar-refractivity contribution in [3.8, 4) is 11.5 Å². The molecule has 2 aromatic carbocycles. The first kappa shape index (κ1) is 24.5. The predicted octanol–water partition coefficient (Wildman–Crippen LogP) is 1.48. The fourth-order valence-corrected chi connectivity index (χ4v) is 2.67. The average Bonchev–Trinajstić information content (AvgIpc) is 2.80. The molecule has 0 radical (unpaired) electrons. The molecule has 0 aromatic heterocycles. The molecule has 0 saturated carbocycles. The van der Waals surface area contributed by atoms with E-state index >= 15 is 0 Å². The molecule has 0 unspecified atom stereocenters. The number of nitrogens with one attached hydrogen (secondary N) is 3. The van der Waals surface area contributed by atoms with Crippen molar-refractivity contribution in [3.63, 3.8) is 0 Å². The van der Waals surface area contributed by atoms with E-state index < -0.39 is 36.3 Å². The van der Waals surface area contributed by atoms with Crippen molar-refractivity contribution < 1.29 is 33.4 Å². The summed E-state index contributed by atoms with van der Waals surface area (Å²) in [7, 11) is 2.88. The molecule has 2 rings (SSSR count). The van der Waals surface area contributed by atoms with Gasteiger partial charge in [-0.1, -0.05) is 23.7 Å². The first-order valence-electron chi connectivity index (χ1n) is 9.30. The zero-order valence-electron chi connectivity index (χ0n) is 17.6. The summed E-state index contributed by atoms with van der Waals surface area (Å²) in [5.74, 6) is -2.02. The number of hydrogen-bond acceptors (Lipinski definition) is 7. The summed E-state index contributed by atoms with van der Waals surface area (Å²) in [6.07, 6.45) is 0. The van der Waals surface area contributed by atoms with Gasteiger partial charge in [0.15, 0.2) is 18.1 Å². The van der Waals surface area contributed by atoms with Crippen molar-refractivity contribution >= 4 is 35.3 Å². The van der Waals surface area contributed by atoms with Gasteiger partial charge in [0.1, 0.15) is 6.04 Å². The number of halogens is 1. The molecule has 0 fully saturated rings. The molecule has 32 heavy (non-hydrogen) atoms. The van der Waals surface area contributed by atoms with Crippen molar-refractivity contribution in [2.45, 2.75) is 13.0 Å². The van der Waals surface area contributed by atoms with Crippen LogP contribution in [0, 0.1) is 0 Å². The number of hydrogen-bond donors (Lipinski definition) is 3. The Labute approximate surface area is 189 Å². The molecular weight excluding hydrogens is 442 g/mol. The number of benzene rings is 2. The Hall–Kier alpha value is -3.79. The minimum atomic E-state index is -1.03. The smallest absolute Gasteiger partial charge is 0.328 e. The molecule has 0 bridgehead atoms. The Morgan fingerprint density at radius 2 is 1.62 bits per heavy atom. The summed E-state index contributed by atoms with van der Waals surface area (Å²) in [4.78, 5) is 48.2. The molecule has 170 valence electrons. The fraction of sp³-hybridized carbons (Fsp3) is 0.238. The minimum Gasteiger partial charge on any atom is -0.493 e. The van der Waals surface area contributed by atoms with Crippen molar-refractivity contribution in [2.24, 2.45) is 0 Å². The third-order valence-corrected chi connectivity index (χ3v) is 4.46. The number of carbonyl (C=O) groups excluding carboxylic acids is 4. The molecule has 3 amide bonds. The van der Waals surface area contributed by atoms with Crippen molar-refractivity contribution in [1.82, 2.24) is 16.2 Å². The van der Waals surface area contributed by atoms with E-state index in [0.29, 0.717) is 11.5 Å². The van der Waals surface area contributed by atoms with Crippen molar-refractivity contribution in [2.75, 3.05) is 20.8 Å². The van der Waals surface area contributed by atoms with Crippen LogP contribution in [0.1, 0.15) is 27.6 Å². The van der Waals surface area contributed by atoms with Crippen molar-refractivity contribution in [3.05, 3.63) is 58.6 Å². The Kier molecular flexibility index (Phi) is 8.84. The van der Waals surface area contributed by atoms with Crippen LogP contribution in [0.4, 0.5) is 0 Å². The summed E-state index contributed by atoms with van der Waals surface area (Å²) < 4.78 is 15.1. The van der Waals surface area contributed by atoms with Gasteiger partial charge in [-0.25, -0.2) is 4.79 Å². The van der Waals surface area contributed by atoms with Gasteiger partial charge in [-0.3, -0.25) is 25.2 Å². The fourth-order valence-electron chi connectivity index (χ4n) is 2.45. The van der Waals surface area contributed by atoms with Gasteiger partial charge in [-0.2, -0.15) is 0 Å². The second-order valence-electron chi connectivity index (χ2n) is 6.35. The summed E-state index contributed by atoms with van der Waals surface area (Å²) in [6.45, 7) is 0.727. The van der Waals surface area contributed by atoms with E-state index in [-0.39, 0.29) is 16.1 Å². The Balaban J connectivity index is 1.79. The molecule has 11 heteroatoms. The Morgan fingerprint density at radius 1 is 0.938 bits per heavy atom. The maximum absolute atomic E-state index is 12.2. The third-order valence-electron chi connectivity index (χ3n) is 4.13. The molecule has 0 aliphatic heterocycles. The SMILES string of the molecule is COc1ccc(C(=O)NNC(=O)COC(=O)[C@H](C)NC(=O)c2ccccc2Cl)cc1OC. The van der Waals surface area contributed by atoms with Crippen LogP contribution in [-0.4, -0.2) is 50.6 Å². The highest BCUT2D eigenvalue weighted by Gasteiger charge is 2.20. The van der Waals surface area contributed by atoms with E-state index in [1.807, 2.05) is 0 Å². The molecule has 0 aliphatic carbocycles. The quantitative estimate of drug-likeness (QED) is 0.399. The van der Waals surface area contributed by atoms with E-state index in [1.165, 1.54) is 45.4 Å². The number of ether oxygens (including phenoxy) is 3. The second kappa shape index (κ2) is 11.6. The van der Waals surface area contributed by atoms with Crippen molar-refractivity contribution in [1.29, 1.82) is 0 Å². The second-order valence-corrected chi connectivity index (χ2v) is 6.76. The van der Waals surface area contributed by atoms with E-state index in [9.17, 15) is 19.2 Å². The monoisotopic (exact) mass is 463 g/mol. The lowest BCUT2D eigenvalue weighted by molar-refractivity contribution is -0.150. The van der Waals surface area contributed by atoms with Crippen LogP contribution in [0.3, 0.4) is 0 Å². The van der Waals surface area contributed by atoms with E-state index in [4.69, 9.17) is 25.8 Å². The zero-order valence-corrected chi connectivity index (χ0v) is 18.3. The van der Waals surface area contributed by atoms with Gasteiger partial charge in [0.2, 0.25) is 0 Å². The van der Waals surface area contributed by atoms with Gasteiger partial charge in [-0.15, -0.1) is 0 Å². The number of amides is 3. The highest BCUT2D eigenvalue weighted by atomic mass is 35.5. The lowest BCUT2D eigenvalue weighted by Gasteiger charge is -2.14. The van der Waals surface area contributed by atoms with Gasteiger partial charge in [0, 0.05) is 5.56 Å². The molecule has 0 aliphatic rings. The maximum Gasteiger partial charge on any atom is 0.328 e. The lowest BCUT2D eigenvalue weighted by Crippen LogP contribution is -2.45. The number of methoxy groups -OCH3 is 2. The van der Waals surface area contributed by atoms with Gasteiger partial charge in [0.05, 0.1) is 24.8 Å². The van der Waals surface area contributed by atoms with Gasteiger partial charge >= 0.3 is 5.97 Å². The average molecular weight is 464 g/mol. The predicted molar refractivity (Wildman–Crippen MR) is 114 cm³/mol. The summed E-state index contributed by atoms with van der Waals surface area (Å²) in [5, 5.41) is 2.66. The molecule has 0 spiro atoms. The van der Waals surface area contributed by atoms with Crippen LogP contribution in [-0.2, 0) is 14.3 Å². The summed E-state index contributed by atoms with van der Waals surface area (Å²) in [5.41, 5.74) is 4.72. The highest BCUT2D eigenvalue weighted by molar-refractivity contribution is 6.33. The number of esters is 1. The molecular formula is C21H22ClN3O7. The number of hydrazine groups is 1. The van der Waals surface area contributed by atoms with E-state index in [1.54, 1.807) is 18.2 Å².